The number of rotatable bonds is 8. The molecule has 25 heavy (non-hydrogen) atoms. The van der Waals surface area contributed by atoms with Gasteiger partial charge in [0.15, 0.2) is 5.16 Å². The number of aromatic nitrogens is 3. The molecule has 0 bridgehead atoms. The Kier molecular flexibility index (Phi) is 6.77. The van der Waals surface area contributed by atoms with Crippen LogP contribution in [0.3, 0.4) is 0 Å². The molecule has 1 heterocycles. The number of carbonyl (C=O) groups excluding carboxylic acids is 1. The number of amides is 1. The van der Waals surface area contributed by atoms with Crippen molar-refractivity contribution in [3.05, 3.63) is 40.6 Å². The molecule has 0 aliphatic rings. The van der Waals surface area contributed by atoms with Crippen LogP contribution >= 0.6 is 11.8 Å². The maximum atomic E-state index is 14.0. The first-order valence-corrected chi connectivity index (χ1v) is 8.76. The minimum atomic E-state index is -0.526. The summed E-state index contributed by atoms with van der Waals surface area (Å²) in [4.78, 5) is 25.5. The molecule has 1 amide bonds. The number of nitrogens with zero attached hydrogens (tertiary/aromatic N) is 4. The lowest BCUT2D eigenvalue weighted by Gasteiger charge is -2.22. The van der Waals surface area contributed by atoms with Gasteiger partial charge in [-0.15, -0.1) is 5.10 Å². The van der Waals surface area contributed by atoms with E-state index in [1.165, 1.54) is 27.7 Å². The number of benzene rings is 1. The summed E-state index contributed by atoms with van der Waals surface area (Å²) < 4.78 is 15.5. The van der Waals surface area contributed by atoms with Crippen molar-refractivity contribution in [2.75, 3.05) is 17.2 Å². The molecule has 0 atom stereocenters. The lowest BCUT2D eigenvalue weighted by Crippen LogP contribution is -2.34. The topological polar surface area (TPSA) is 94.8 Å². The van der Waals surface area contributed by atoms with E-state index in [1.807, 2.05) is 13.0 Å². The second-order valence-corrected chi connectivity index (χ2v) is 6.10. The van der Waals surface area contributed by atoms with E-state index < -0.39 is 5.82 Å². The van der Waals surface area contributed by atoms with Gasteiger partial charge in [0.1, 0.15) is 5.82 Å². The van der Waals surface area contributed by atoms with Gasteiger partial charge in [-0.2, -0.15) is 5.26 Å². The third kappa shape index (κ3) is 4.70. The smallest absolute Gasteiger partial charge is 0.308 e. The minimum absolute atomic E-state index is 0.0201. The Morgan fingerprint density at radius 3 is 2.92 bits per heavy atom. The molecule has 0 unspecified atom stereocenters. The van der Waals surface area contributed by atoms with Crippen LogP contribution in [0.4, 0.5) is 10.1 Å². The lowest BCUT2D eigenvalue weighted by molar-refractivity contribution is -0.116. The van der Waals surface area contributed by atoms with Gasteiger partial charge in [0.2, 0.25) is 5.91 Å². The molecule has 0 saturated heterocycles. The highest BCUT2D eigenvalue weighted by atomic mass is 32.2. The molecule has 1 N–H and O–H groups in total. The van der Waals surface area contributed by atoms with Crippen LogP contribution in [0.15, 0.2) is 34.2 Å². The third-order valence-electron chi connectivity index (χ3n) is 3.39. The van der Waals surface area contributed by atoms with E-state index in [4.69, 9.17) is 5.26 Å². The molecule has 2 aromatic rings. The van der Waals surface area contributed by atoms with Crippen molar-refractivity contribution in [3.63, 3.8) is 0 Å². The van der Waals surface area contributed by atoms with Crippen LogP contribution in [0.1, 0.15) is 19.8 Å². The highest BCUT2D eigenvalue weighted by Crippen LogP contribution is 2.22. The Labute approximate surface area is 148 Å². The van der Waals surface area contributed by atoms with Crippen molar-refractivity contribution >= 4 is 23.4 Å². The standard InChI is InChI=1S/C16H18FN5O2S/c1-2-9-22-15(24)19-20-16(22)25-11-14(23)21(10-5-8-18)13-7-4-3-6-12(13)17/h3-4,6-7H,2,5,9-11H2,1H3,(H,19,24). The van der Waals surface area contributed by atoms with E-state index in [-0.39, 0.29) is 36.0 Å². The molecule has 0 saturated carbocycles. The Balaban J connectivity index is 2.14. The Hall–Kier alpha value is -2.60. The van der Waals surface area contributed by atoms with Crippen molar-refractivity contribution in [3.8, 4) is 6.07 Å². The molecule has 1 aromatic carbocycles. The van der Waals surface area contributed by atoms with Crippen molar-refractivity contribution in [1.82, 2.24) is 14.8 Å². The number of para-hydroxylation sites is 1. The average molecular weight is 363 g/mol. The Morgan fingerprint density at radius 1 is 1.48 bits per heavy atom. The van der Waals surface area contributed by atoms with Crippen molar-refractivity contribution < 1.29 is 9.18 Å². The van der Waals surface area contributed by atoms with E-state index in [9.17, 15) is 14.0 Å². The number of hydrogen-bond donors (Lipinski definition) is 1. The van der Waals surface area contributed by atoms with Gasteiger partial charge in [-0.05, 0) is 18.6 Å². The Morgan fingerprint density at radius 2 is 2.24 bits per heavy atom. The molecule has 9 heteroatoms. The number of H-pyrrole nitrogens is 1. The summed E-state index contributed by atoms with van der Waals surface area (Å²) in [5.41, 5.74) is -0.191. The van der Waals surface area contributed by atoms with E-state index in [1.54, 1.807) is 6.07 Å². The second-order valence-electron chi connectivity index (χ2n) is 5.16. The van der Waals surface area contributed by atoms with Crippen LogP contribution in [0.25, 0.3) is 0 Å². The molecule has 0 aliphatic carbocycles. The van der Waals surface area contributed by atoms with Crippen LogP contribution < -0.4 is 10.6 Å². The van der Waals surface area contributed by atoms with Gasteiger partial charge in [0, 0.05) is 13.1 Å². The fraction of sp³-hybridized carbons (Fsp3) is 0.375. The summed E-state index contributed by atoms with van der Waals surface area (Å²) >= 11 is 1.10. The molecule has 0 radical (unpaired) electrons. The fourth-order valence-corrected chi connectivity index (χ4v) is 3.10. The highest BCUT2D eigenvalue weighted by Gasteiger charge is 2.20. The van der Waals surface area contributed by atoms with Crippen molar-refractivity contribution in [2.45, 2.75) is 31.5 Å². The SMILES string of the molecule is CCCn1c(SCC(=O)N(CCC#N)c2ccccc2F)n[nH]c1=O. The summed E-state index contributed by atoms with van der Waals surface area (Å²) in [6.45, 7) is 2.53. The first kappa shape index (κ1) is 18.7. The summed E-state index contributed by atoms with van der Waals surface area (Å²) in [5.74, 6) is -0.904. The zero-order chi connectivity index (χ0) is 18.2. The first-order valence-electron chi connectivity index (χ1n) is 7.78. The summed E-state index contributed by atoms with van der Waals surface area (Å²) in [5, 5.41) is 15.5. The van der Waals surface area contributed by atoms with E-state index >= 15 is 0 Å². The monoisotopic (exact) mass is 363 g/mol. The second kappa shape index (κ2) is 9.03. The molecule has 0 spiro atoms. The zero-order valence-electron chi connectivity index (χ0n) is 13.7. The molecule has 0 fully saturated rings. The summed E-state index contributed by atoms with van der Waals surface area (Å²) in [7, 11) is 0. The normalized spacial score (nSPS) is 10.4. The third-order valence-corrected chi connectivity index (χ3v) is 4.35. The molecule has 1 aromatic heterocycles. The van der Waals surface area contributed by atoms with Crippen LogP contribution in [0.2, 0.25) is 0 Å². The largest absolute Gasteiger partial charge is 0.343 e. The lowest BCUT2D eigenvalue weighted by atomic mass is 10.2. The molecule has 0 aliphatic heterocycles. The van der Waals surface area contributed by atoms with Gasteiger partial charge in [-0.1, -0.05) is 30.8 Å². The molecule has 2 rings (SSSR count). The van der Waals surface area contributed by atoms with Crippen LogP contribution in [0.5, 0.6) is 0 Å². The number of halogens is 1. The van der Waals surface area contributed by atoms with Crippen LogP contribution in [-0.4, -0.2) is 33.0 Å². The Bertz CT molecular complexity index is 826. The highest BCUT2D eigenvalue weighted by molar-refractivity contribution is 7.99. The number of hydrogen-bond acceptors (Lipinski definition) is 5. The van der Waals surface area contributed by atoms with Crippen molar-refractivity contribution in [1.29, 1.82) is 5.26 Å². The number of carbonyl (C=O) groups is 1. The quantitative estimate of drug-likeness (QED) is 0.725. The molecular weight excluding hydrogens is 345 g/mol. The maximum Gasteiger partial charge on any atom is 0.343 e. The van der Waals surface area contributed by atoms with Gasteiger partial charge in [-0.25, -0.2) is 14.3 Å². The average Bonchev–Trinajstić information content (AvgIpc) is 2.95. The van der Waals surface area contributed by atoms with Gasteiger partial charge in [0.05, 0.1) is 23.9 Å². The van der Waals surface area contributed by atoms with Crippen molar-refractivity contribution in [2.24, 2.45) is 0 Å². The predicted octanol–water partition coefficient (Wildman–Crippen LogP) is 2.16. The first-order chi connectivity index (χ1) is 12.1. The van der Waals surface area contributed by atoms with Gasteiger partial charge in [0.25, 0.3) is 0 Å². The van der Waals surface area contributed by atoms with Gasteiger partial charge in [-0.3, -0.25) is 9.36 Å². The zero-order valence-corrected chi connectivity index (χ0v) is 14.6. The predicted molar refractivity (Wildman–Crippen MR) is 92.8 cm³/mol. The summed E-state index contributed by atoms with van der Waals surface area (Å²) in [6, 6.07) is 7.89. The molecule has 7 nitrogen and oxygen atoms in total. The number of aromatic amines is 1. The number of nitriles is 1. The maximum absolute atomic E-state index is 14.0. The van der Waals surface area contributed by atoms with E-state index in [2.05, 4.69) is 10.2 Å². The molecule has 132 valence electrons. The number of anilines is 1. The minimum Gasteiger partial charge on any atom is -0.308 e. The number of nitrogens with one attached hydrogen (secondary N) is 1. The number of thioether (sulfide) groups is 1. The van der Waals surface area contributed by atoms with Crippen LogP contribution in [0, 0.1) is 17.1 Å². The van der Waals surface area contributed by atoms with Gasteiger partial charge < -0.3 is 4.90 Å². The summed E-state index contributed by atoms with van der Waals surface area (Å²) in [6.07, 6.45) is 0.845. The van der Waals surface area contributed by atoms with E-state index in [0.717, 1.165) is 18.2 Å². The molecular formula is C16H18FN5O2S. The van der Waals surface area contributed by atoms with E-state index in [0.29, 0.717) is 11.7 Å². The van der Waals surface area contributed by atoms with Gasteiger partial charge >= 0.3 is 5.69 Å². The fourth-order valence-electron chi connectivity index (χ4n) is 2.25. The van der Waals surface area contributed by atoms with Crippen LogP contribution in [-0.2, 0) is 11.3 Å².